The van der Waals surface area contributed by atoms with Crippen LogP contribution in [0.2, 0.25) is 5.02 Å². The Morgan fingerprint density at radius 3 is 2.75 bits per heavy atom. The summed E-state index contributed by atoms with van der Waals surface area (Å²) in [6.07, 6.45) is 1.59. The summed E-state index contributed by atoms with van der Waals surface area (Å²) in [7, 11) is -2.06. The van der Waals surface area contributed by atoms with E-state index in [0.29, 0.717) is 6.54 Å². The number of nitrogens with zero attached hydrogens (tertiary/aromatic N) is 1. The van der Waals surface area contributed by atoms with Crippen LogP contribution in [0.15, 0.2) is 51.8 Å². The van der Waals surface area contributed by atoms with Crippen molar-refractivity contribution in [2.45, 2.75) is 23.8 Å². The lowest BCUT2D eigenvalue weighted by Gasteiger charge is -2.25. The van der Waals surface area contributed by atoms with E-state index in [2.05, 4.69) is 15.9 Å². The van der Waals surface area contributed by atoms with E-state index in [-0.39, 0.29) is 16.0 Å². The summed E-state index contributed by atoms with van der Waals surface area (Å²) >= 11 is 9.48. The first kappa shape index (κ1) is 17.7. The van der Waals surface area contributed by atoms with Gasteiger partial charge in [-0.15, -0.1) is 0 Å². The third kappa shape index (κ3) is 3.33. The maximum atomic E-state index is 13.1. The molecule has 0 bridgehead atoms. The largest absolute Gasteiger partial charge is 0.497 e. The summed E-state index contributed by atoms with van der Waals surface area (Å²) < 4.78 is 33.7. The third-order valence-corrected chi connectivity index (χ3v) is 7.05. The highest BCUT2D eigenvalue weighted by molar-refractivity contribution is 9.10. The molecule has 1 fully saturated rings. The van der Waals surface area contributed by atoms with Crippen molar-refractivity contribution in [3.63, 3.8) is 0 Å². The Morgan fingerprint density at radius 2 is 2.04 bits per heavy atom. The smallest absolute Gasteiger partial charge is 0.245 e. The molecule has 24 heavy (non-hydrogen) atoms. The lowest BCUT2D eigenvalue weighted by Crippen LogP contribution is -2.30. The van der Waals surface area contributed by atoms with Gasteiger partial charge in [0.25, 0.3) is 0 Å². The van der Waals surface area contributed by atoms with Crippen LogP contribution >= 0.6 is 27.5 Å². The molecule has 1 aliphatic rings. The number of benzene rings is 2. The fourth-order valence-corrected chi connectivity index (χ4v) is 5.72. The van der Waals surface area contributed by atoms with Crippen LogP contribution in [0.4, 0.5) is 0 Å². The molecule has 0 spiro atoms. The number of sulfonamides is 1. The number of rotatable bonds is 4. The van der Waals surface area contributed by atoms with E-state index in [1.165, 1.54) is 4.31 Å². The fraction of sp³-hybridized carbons (Fsp3) is 0.294. The van der Waals surface area contributed by atoms with E-state index in [1.807, 2.05) is 24.3 Å². The Bertz CT molecular complexity index is 857. The van der Waals surface area contributed by atoms with Crippen molar-refractivity contribution in [1.29, 1.82) is 0 Å². The van der Waals surface area contributed by atoms with Crippen molar-refractivity contribution >= 4 is 37.6 Å². The minimum Gasteiger partial charge on any atom is -0.497 e. The lowest BCUT2D eigenvalue weighted by atomic mass is 10.1. The van der Waals surface area contributed by atoms with Crippen molar-refractivity contribution in [1.82, 2.24) is 4.31 Å². The van der Waals surface area contributed by atoms with Crippen LogP contribution in [0.5, 0.6) is 5.75 Å². The highest BCUT2D eigenvalue weighted by Gasteiger charge is 2.37. The molecule has 0 N–H and O–H groups in total. The van der Waals surface area contributed by atoms with E-state index >= 15 is 0 Å². The van der Waals surface area contributed by atoms with Crippen LogP contribution < -0.4 is 4.74 Å². The SMILES string of the molecule is COc1cccc([C@H]2CCCN2S(=O)(=O)c2ccc(Br)cc2Cl)c1. The summed E-state index contributed by atoms with van der Waals surface area (Å²) in [6.45, 7) is 0.483. The van der Waals surface area contributed by atoms with Crippen molar-refractivity contribution in [2.24, 2.45) is 0 Å². The maximum Gasteiger partial charge on any atom is 0.245 e. The lowest BCUT2D eigenvalue weighted by molar-refractivity contribution is 0.390. The highest BCUT2D eigenvalue weighted by Crippen LogP contribution is 2.39. The van der Waals surface area contributed by atoms with Crippen molar-refractivity contribution in [3.05, 3.63) is 57.5 Å². The van der Waals surface area contributed by atoms with Crippen molar-refractivity contribution in [2.75, 3.05) is 13.7 Å². The highest BCUT2D eigenvalue weighted by atomic mass is 79.9. The summed E-state index contributed by atoms with van der Waals surface area (Å²) in [5, 5.41) is 0.223. The topological polar surface area (TPSA) is 46.6 Å². The first-order valence-corrected chi connectivity index (χ1v) is 10.2. The minimum atomic E-state index is -3.66. The molecular formula is C17H17BrClNO3S. The number of ether oxygens (including phenoxy) is 1. The Hall–Kier alpha value is -1.08. The van der Waals surface area contributed by atoms with Crippen LogP contribution in [-0.2, 0) is 10.0 Å². The number of hydrogen-bond donors (Lipinski definition) is 0. The molecule has 128 valence electrons. The molecule has 1 atom stereocenters. The molecule has 0 amide bonds. The van der Waals surface area contributed by atoms with Crippen LogP contribution in [0.25, 0.3) is 0 Å². The van der Waals surface area contributed by atoms with Gasteiger partial charge in [-0.2, -0.15) is 4.31 Å². The summed E-state index contributed by atoms with van der Waals surface area (Å²) in [6, 6.07) is 12.2. The first-order valence-electron chi connectivity index (χ1n) is 7.54. The van der Waals surface area contributed by atoms with Gasteiger partial charge in [-0.05, 0) is 48.7 Å². The molecule has 1 aliphatic heterocycles. The van der Waals surface area contributed by atoms with Crippen LogP contribution in [0.1, 0.15) is 24.4 Å². The van der Waals surface area contributed by atoms with Gasteiger partial charge in [-0.25, -0.2) is 8.42 Å². The standard InChI is InChI=1S/C17H17BrClNO3S/c1-23-14-5-2-4-12(10-14)16-6-3-9-20(16)24(21,22)17-8-7-13(18)11-15(17)19/h2,4-5,7-8,10-11,16H,3,6,9H2,1H3/t16-/m1/s1. The molecule has 0 aromatic heterocycles. The van der Waals surface area contributed by atoms with Gasteiger partial charge in [0.05, 0.1) is 18.2 Å². The van der Waals surface area contributed by atoms with Gasteiger partial charge in [0.1, 0.15) is 10.6 Å². The normalized spacial score (nSPS) is 18.7. The molecule has 0 aliphatic carbocycles. The van der Waals surface area contributed by atoms with E-state index < -0.39 is 10.0 Å². The average molecular weight is 431 g/mol. The Morgan fingerprint density at radius 1 is 1.25 bits per heavy atom. The van der Waals surface area contributed by atoms with Crippen molar-refractivity contribution < 1.29 is 13.2 Å². The maximum absolute atomic E-state index is 13.1. The number of methoxy groups -OCH3 is 1. The van der Waals surface area contributed by atoms with Crippen LogP contribution in [0.3, 0.4) is 0 Å². The van der Waals surface area contributed by atoms with Crippen LogP contribution in [0, 0.1) is 0 Å². The molecule has 2 aromatic rings. The average Bonchev–Trinajstić information content (AvgIpc) is 3.05. The Kier molecular flexibility index (Phi) is 5.20. The number of halogens is 2. The monoisotopic (exact) mass is 429 g/mol. The number of hydrogen-bond acceptors (Lipinski definition) is 3. The first-order chi connectivity index (χ1) is 11.4. The molecule has 4 nitrogen and oxygen atoms in total. The predicted molar refractivity (Wildman–Crippen MR) is 98.0 cm³/mol. The molecule has 0 radical (unpaired) electrons. The van der Waals surface area contributed by atoms with Gasteiger partial charge in [-0.3, -0.25) is 0 Å². The second kappa shape index (κ2) is 7.04. The van der Waals surface area contributed by atoms with E-state index in [4.69, 9.17) is 16.3 Å². The van der Waals surface area contributed by atoms with E-state index in [0.717, 1.165) is 28.6 Å². The molecule has 2 aromatic carbocycles. The molecule has 0 unspecified atom stereocenters. The third-order valence-electron chi connectivity index (χ3n) is 4.16. The summed E-state index contributed by atoms with van der Waals surface area (Å²) in [5.74, 6) is 0.721. The van der Waals surface area contributed by atoms with Gasteiger partial charge in [0.15, 0.2) is 0 Å². The Labute approximate surface area is 155 Å². The van der Waals surface area contributed by atoms with E-state index in [1.54, 1.807) is 25.3 Å². The van der Waals surface area contributed by atoms with Gasteiger partial charge in [0.2, 0.25) is 10.0 Å². The molecule has 3 rings (SSSR count). The Balaban J connectivity index is 2.00. The van der Waals surface area contributed by atoms with Crippen molar-refractivity contribution in [3.8, 4) is 5.75 Å². The molecular weight excluding hydrogens is 414 g/mol. The van der Waals surface area contributed by atoms with Gasteiger partial charge < -0.3 is 4.74 Å². The quantitative estimate of drug-likeness (QED) is 0.710. The van der Waals surface area contributed by atoms with Gasteiger partial charge in [-0.1, -0.05) is 39.7 Å². The minimum absolute atomic E-state index is 0.141. The zero-order valence-corrected chi connectivity index (χ0v) is 16.2. The van der Waals surface area contributed by atoms with Gasteiger partial charge in [0, 0.05) is 11.0 Å². The fourth-order valence-electron chi connectivity index (χ4n) is 3.02. The zero-order valence-electron chi connectivity index (χ0n) is 13.1. The second-order valence-electron chi connectivity index (χ2n) is 5.63. The molecule has 1 heterocycles. The summed E-state index contributed by atoms with van der Waals surface area (Å²) in [5.41, 5.74) is 0.934. The summed E-state index contributed by atoms with van der Waals surface area (Å²) in [4.78, 5) is 0.141. The van der Waals surface area contributed by atoms with E-state index in [9.17, 15) is 8.42 Å². The van der Waals surface area contributed by atoms with Gasteiger partial charge >= 0.3 is 0 Å². The molecule has 0 saturated carbocycles. The van der Waals surface area contributed by atoms with Crippen LogP contribution in [-0.4, -0.2) is 26.4 Å². The zero-order chi connectivity index (χ0) is 17.3. The second-order valence-corrected chi connectivity index (χ2v) is 8.81. The molecule has 1 saturated heterocycles. The predicted octanol–water partition coefficient (Wildman–Crippen LogP) is 4.64. The molecule has 7 heteroatoms.